The number of carbonyl (C=O) groups excluding carboxylic acids is 1. The number of nitrogen functional groups attached to an aromatic ring is 1. The van der Waals surface area contributed by atoms with Crippen LogP contribution in [0.3, 0.4) is 0 Å². The number of carbonyl (C=O) groups is 1. The fraction of sp³-hybridized carbons (Fsp3) is 0.188. The number of nitrogens with zero attached hydrogens (tertiary/aromatic N) is 1. The maximum atomic E-state index is 11.9. The molecule has 5 heteroatoms. The Morgan fingerprint density at radius 1 is 1.14 bits per heavy atom. The van der Waals surface area contributed by atoms with Crippen LogP contribution < -0.4 is 11.1 Å². The summed E-state index contributed by atoms with van der Waals surface area (Å²) in [5.41, 5.74) is 10.0. The summed E-state index contributed by atoms with van der Waals surface area (Å²) in [4.78, 5) is 13.4. The predicted octanol–water partition coefficient (Wildman–Crippen LogP) is 3.79. The first-order chi connectivity index (χ1) is 9.88. The molecule has 0 radical (unpaired) electrons. The summed E-state index contributed by atoms with van der Waals surface area (Å²) < 4.78 is 0.959. The Bertz CT molecular complexity index is 683. The van der Waals surface area contributed by atoms with Gasteiger partial charge in [-0.15, -0.1) is 0 Å². The van der Waals surface area contributed by atoms with E-state index in [0.717, 1.165) is 21.4 Å². The van der Waals surface area contributed by atoms with Gasteiger partial charge >= 0.3 is 0 Å². The Hall–Kier alpha value is -2.01. The van der Waals surface area contributed by atoms with Gasteiger partial charge in [0.1, 0.15) is 0 Å². The Balaban J connectivity index is 2.30. The number of amides is 1. The Morgan fingerprint density at radius 3 is 2.48 bits per heavy atom. The maximum absolute atomic E-state index is 11.9. The lowest BCUT2D eigenvalue weighted by atomic mass is 10.1. The number of nitrogens with two attached hydrogens (primary N) is 1. The second-order valence-corrected chi connectivity index (χ2v) is 5.96. The highest BCUT2D eigenvalue weighted by Gasteiger charge is 2.10. The largest absolute Gasteiger partial charge is 0.397 e. The van der Waals surface area contributed by atoms with Crippen LogP contribution in [0, 0.1) is 6.92 Å². The number of benzene rings is 2. The van der Waals surface area contributed by atoms with Crippen molar-refractivity contribution < 1.29 is 4.79 Å². The highest BCUT2D eigenvalue weighted by molar-refractivity contribution is 9.10. The van der Waals surface area contributed by atoms with Crippen LogP contribution >= 0.6 is 15.9 Å². The summed E-state index contributed by atoms with van der Waals surface area (Å²) in [6.07, 6.45) is 0. The highest BCUT2D eigenvalue weighted by atomic mass is 79.9. The maximum Gasteiger partial charge on any atom is 0.253 e. The Morgan fingerprint density at radius 2 is 1.86 bits per heavy atom. The number of hydrogen-bond donors (Lipinski definition) is 2. The van der Waals surface area contributed by atoms with E-state index in [0.29, 0.717) is 11.3 Å². The van der Waals surface area contributed by atoms with Gasteiger partial charge < -0.3 is 16.0 Å². The molecule has 2 rings (SSSR count). The van der Waals surface area contributed by atoms with Crippen LogP contribution in [0.5, 0.6) is 0 Å². The van der Waals surface area contributed by atoms with Gasteiger partial charge in [0.2, 0.25) is 0 Å². The number of rotatable bonds is 3. The summed E-state index contributed by atoms with van der Waals surface area (Å²) in [5, 5.41) is 3.28. The van der Waals surface area contributed by atoms with E-state index in [1.54, 1.807) is 26.2 Å². The van der Waals surface area contributed by atoms with Crippen LogP contribution in [-0.2, 0) is 0 Å². The van der Waals surface area contributed by atoms with E-state index < -0.39 is 0 Å². The molecule has 0 heterocycles. The summed E-state index contributed by atoms with van der Waals surface area (Å²) in [5.74, 6) is -0.0648. The first kappa shape index (κ1) is 15.4. The van der Waals surface area contributed by atoms with Crippen LogP contribution in [0.25, 0.3) is 0 Å². The molecule has 110 valence electrons. The van der Waals surface area contributed by atoms with Crippen molar-refractivity contribution in [2.45, 2.75) is 6.92 Å². The van der Waals surface area contributed by atoms with Crippen molar-refractivity contribution in [3.63, 3.8) is 0 Å². The van der Waals surface area contributed by atoms with Gasteiger partial charge in [-0.25, -0.2) is 0 Å². The molecule has 2 aromatic carbocycles. The van der Waals surface area contributed by atoms with Crippen molar-refractivity contribution in [2.75, 3.05) is 25.1 Å². The number of nitrogens with one attached hydrogen (secondary N) is 1. The van der Waals surface area contributed by atoms with Gasteiger partial charge in [0.05, 0.1) is 17.1 Å². The molecule has 0 unspecified atom stereocenters. The second kappa shape index (κ2) is 6.18. The molecule has 4 nitrogen and oxygen atoms in total. The van der Waals surface area contributed by atoms with Crippen LogP contribution in [0.15, 0.2) is 40.9 Å². The third-order valence-electron chi connectivity index (χ3n) is 3.10. The fourth-order valence-corrected chi connectivity index (χ4v) is 2.29. The van der Waals surface area contributed by atoms with E-state index >= 15 is 0 Å². The number of aryl methyl sites for hydroxylation is 1. The van der Waals surface area contributed by atoms with Gasteiger partial charge in [-0.3, -0.25) is 4.79 Å². The Labute approximate surface area is 133 Å². The average Bonchev–Trinajstić information content (AvgIpc) is 2.44. The molecule has 0 aliphatic heterocycles. The van der Waals surface area contributed by atoms with Crippen molar-refractivity contribution >= 4 is 38.9 Å². The van der Waals surface area contributed by atoms with E-state index in [1.807, 2.05) is 31.2 Å². The topological polar surface area (TPSA) is 58.4 Å². The monoisotopic (exact) mass is 347 g/mol. The molecular formula is C16H18BrN3O. The van der Waals surface area contributed by atoms with E-state index in [1.165, 1.54) is 4.90 Å². The normalized spacial score (nSPS) is 10.3. The lowest BCUT2D eigenvalue weighted by molar-refractivity contribution is 0.0827. The summed E-state index contributed by atoms with van der Waals surface area (Å²) in [7, 11) is 3.43. The average molecular weight is 348 g/mol. The lowest BCUT2D eigenvalue weighted by Crippen LogP contribution is -2.21. The van der Waals surface area contributed by atoms with Crippen molar-refractivity contribution in [2.24, 2.45) is 0 Å². The molecule has 21 heavy (non-hydrogen) atoms. The molecule has 0 fully saturated rings. The molecule has 0 aliphatic carbocycles. The van der Waals surface area contributed by atoms with E-state index in [4.69, 9.17) is 5.73 Å². The minimum Gasteiger partial charge on any atom is -0.397 e. The molecule has 1 amide bonds. The molecule has 0 spiro atoms. The predicted molar refractivity (Wildman–Crippen MR) is 91.0 cm³/mol. The summed E-state index contributed by atoms with van der Waals surface area (Å²) in [6, 6.07) is 11.3. The summed E-state index contributed by atoms with van der Waals surface area (Å²) >= 11 is 3.51. The quantitative estimate of drug-likeness (QED) is 0.830. The van der Waals surface area contributed by atoms with E-state index in [9.17, 15) is 4.79 Å². The van der Waals surface area contributed by atoms with Gasteiger partial charge in [0.25, 0.3) is 5.91 Å². The SMILES string of the molecule is Cc1ccc(Br)c(Nc2ccc(C(=O)N(C)C)cc2N)c1. The van der Waals surface area contributed by atoms with Gasteiger partial charge in [-0.1, -0.05) is 6.07 Å². The molecule has 0 aliphatic rings. The van der Waals surface area contributed by atoms with Crippen molar-refractivity contribution in [3.8, 4) is 0 Å². The van der Waals surface area contributed by atoms with Gasteiger partial charge in [0, 0.05) is 24.1 Å². The van der Waals surface area contributed by atoms with Crippen LogP contribution in [0.4, 0.5) is 17.1 Å². The zero-order valence-electron chi connectivity index (χ0n) is 12.3. The molecule has 0 atom stereocenters. The molecule has 0 saturated heterocycles. The van der Waals surface area contributed by atoms with Crippen LogP contribution in [-0.4, -0.2) is 24.9 Å². The zero-order chi connectivity index (χ0) is 15.6. The highest BCUT2D eigenvalue weighted by Crippen LogP contribution is 2.30. The van der Waals surface area contributed by atoms with Crippen LogP contribution in [0.2, 0.25) is 0 Å². The first-order valence-corrected chi connectivity index (χ1v) is 7.32. The molecule has 3 N–H and O–H groups in total. The van der Waals surface area contributed by atoms with Gasteiger partial charge in [-0.2, -0.15) is 0 Å². The van der Waals surface area contributed by atoms with Crippen molar-refractivity contribution in [1.82, 2.24) is 4.90 Å². The molecule has 0 bridgehead atoms. The molecule has 2 aromatic rings. The minimum atomic E-state index is -0.0648. The number of anilines is 3. The molecule has 0 saturated carbocycles. The number of hydrogen-bond acceptors (Lipinski definition) is 3. The zero-order valence-corrected chi connectivity index (χ0v) is 13.9. The lowest BCUT2D eigenvalue weighted by Gasteiger charge is -2.14. The smallest absolute Gasteiger partial charge is 0.253 e. The van der Waals surface area contributed by atoms with Crippen molar-refractivity contribution in [3.05, 3.63) is 52.0 Å². The first-order valence-electron chi connectivity index (χ1n) is 6.53. The Kier molecular flexibility index (Phi) is 4.53. The number of halogens is 1. The molecular weight excluding hydrogens is 330 g/mol. The minimum absolute atomic E-state index is 0.0648. The van der Waals surface area contributed by atoms with E-state index in [2.05, 4.69) is 21.2 Å². The van der Waals surface area contributed by atoms with Gasteiger partial charge in [-0.05, 0) is 58.7 Å². The van der Waals surface area contributed by atoms with E-state index in [-0.39, 0.29) is 5.91 Å². The second-order valence-electron chi connectivity index (χ2n) is 5.11. The van der Waals surface area contributed by atoms with Crippen molar-refractivity contribution in [1.29, 1.82) is 0 Å². The molecule has 0 aromatic heterocycles. The third-order valence-corrected chi connectivity index (χ3v) is 3.79. The van der Waals surface area contributed by atoms with Crippen LogP contribution in [0.1, 0.15) is 15.9 Å². The standard InChI is InChI=1S/C16H18BrN3O/c1-10-4-6-12(17)15(8-10)19-14-7-5-11(9-13(14)18)16(21)20(2)3/h4-9,19H,18H2,1-3H3. The third kappa shape index (κ3) is 3.55. The van der Waals surface area contributed by atoms with Gasteiger partial charge in [0.15, 0.2) is 0 Å². The summed E-state index contributed by atoms with van der Waals surface area (Å²) in [6.45, 7) is 2.03. The fourth-order valence-electron chi connectivity index (χ4n) is 1.95.